The van der Waals surface area contributed by atoms with Crippen molar-refractivity contribution in [1.29, 1.82) is 0 Å². The van der Waals surface area contributed by atoms with E-state index in [9.17, 15) is 14.7 Å². The van der Waals surface area contributed by atoms with E-state index in [4.69, 9.17) is 4.84 Å². The van der Waals surface area contributed by atoms with Gasteiger partial charge in [0, 0.05) is 12.1 Å². The fourth-order valence-corrected chi connectivity index (χ4v) is 2.64. The average molecular weight is 291 g/mol. The van der Waals surface area contributed by atoms with Gasteiger partial charge in [0.1, 0.15) is 6.29 Å². The summed E-state index contributed by atoms with van der Waals surface area (Å²) in [5, 5.41) is 11.0. The molecule has 5 nitrogen and oxygen atoms in total. The van der Waals surface area contributed by atoms with E-state index in [-0.39, 0.29) is 6.04 Å². The van der Waals surface area contributed by atoms with E-state index in [1.165, 1.54) is 0 Å². The van der Waals surface area contributed by atoms with Crippen LogP contribution in [0.4, 0.5) is 0 Å². The van der Waals surface area contributed by atoms with Crippen molar-refractivity contribution in [3.8, 4) is 0 Å². The van der Waals surface area contributed by atoms with E-state index in [0.717, 1.165) is 11.8 Å². The van der Waals surface area contributed by atoms with Crippen molar-refractivity contribution < 1.29 is 19.5 Å². The molecule has 1 aliphatic rings. The van der Waals surface area contributed by atoms with Gasteiger partial charge < -0.3 is 5.11 Å². The number of nitrogens with zero attached hydrogens (tertiary/aromatic N) is 1. The first-order chi connectivity index (χ1) is 9.81. The molecule has 1 aromatic carbocycles. The van der Waals surface area contributed by atoms with Gasteiger partial charge in [-0.15, -0.1) is 0 Å². The zero-order valence-electron chi connectivity index (χ0n) is 12.6. The molecule has 1 saturated heterocycles. The van der Waals surface area contributed by atoms with Crippen molar-refractivity contribution in [2.45, 2.75) is 38.8 Å². The Balaban J connectivity index is 2.33. The van der Waals surface area contributed by atoms with Gasteiger partial charge in [0.05, 0.1) is 17.6 Å². The van der Waals surface area contributed by atoms with Crippen LogP contribution in [0.1, 0.15) is 49.2 Å². The number of hydrogen-bond donors (Lipinski definition) is 1. The molecule has 0 amide bonds. The van der Waals surface area contributed by atoms with E-state index in [1.807, 2.05) is 32.9 Å². The second-order valence-corrected chi connectivity index (χ2v) is 6.34. The fourth-order valence-electron chi connectivity index (χ4n) is 2.64. The van der Waals surface area contributed by atoms with E-state index < -0.39 is 17.5 Å². The molecule has 0 aromatic heterocycles. The summed E-state index contributed by atoms with van der Waals surface area (Å²) in [5.74, 6) is -1.32. The SMILES string of the molecule is CC(C)(C)ON1C[C@@H](C(=O)O)C[C@@H]1c1ccccc1C=O. The molecule has 5 heteroatoms. The molecule has 1 aliphatic heterocycles. The number of carboxylic acids is 1. The van der Waals surface area contributed by atoms with Crippen molar-refractivity contribution in [2.75, 3.05) is 6.54 Å². The van der Waals surface area contributed by atoms with Crippen molar-refractivity contribution in [2.24, 2.45) is 5.92 Å². The van der Waals surface area contributed by atoms with Crippen molar-refractivity contribution in [1.82, 2.24) is 5.06 Å². The van der Waals surface area contributed by atoms with Crippen molar-refractivity contribution in [3.05, 3.63) is 35.4 Å². The Labute approximate surface area is 124 Å². The summed E-state index contributed by atoms with van der Waals surface area (Å²) < 4.78 is 0. The highest BCUT2D eigenvalue weighted by atomic mass is 16.7. The maximum Gasteiger partial charge on any atom is 0.307 e. The molecule has 0 saturated carbocycles. The molecule has 1 N–H and O–H groups in total. The first-order valence-electron chi connectivity index (χ1n) is 7.04. The van der Waals surface area contributed by atoms with Gasteiger partial charge in [-0.25, -0.2) is 0 Å². The molecule has 0 spiro atoms. The highest BCUT2D eigenvalue weighted by molar-refractivity contribution is 5.78. The molecule has 0 aliphatic carbocycles. The van der Waals surface area contributed by atoms with Gasteiger partial charge >= 0.3 is 5.97 Å². The smallest absolute Gasteiger partial charge is 0.307 e. The molecule has 0 bridgehead atoms. The minimum atomic E-state index is -0.830. The number of rotatable bonds is 4. The van der Waals surface area contributed by atoms with Crippen molar-refractivity contribution in [3.63, 3.8) is 0 Å². The summed E-state index contributed by atoms with van der Waals surface area (Å²) >= 11 is 0. The topological polar surface area (TPSA) is 66.8 Å². The predicted octanol–water partition coefficient (Wildman–Crippen LogP) is 2.68. The standard InChI is InChI=1S/C16H21NO4/c1-16(2,3)21-17-9-12(15(19)20)8-14(17)13-7-5-4-6-11(13)10-18/h4-7,10,12,14H,8-9H2,1-3H3,(H,19,20)/t12-,14+/m0/s1. The van der Waals surface area contributed by atoms with Gasteiger partial charge in [-0.1, -0.05) is 24.3 Å². The lowest BCUT2D eigenvalue weighted by molar-refractivity contribution is -0.239. The minimum Gasteiger partial charge on any atom is -0.481 e. The number of carbonyl (C=O) groups is 2. The maximum absolute atomic E-state index is 11.3. The van der Waals surface area contributed by atoms with Crippen LogP contribution in [0, 0.1) is 5.92 Å². The number of aliphatic carboxylic acids is 1. The van der Waals surface area contributed by atoms with Gasteiger partial charge in [0.25, 0.3) is 0 Å². The van der Waals surface area contributed by atoms with E-state index in [2.05, 4.69) is 0 Å². The largest absolute Gasteiger partial charge is 0.481 e. The lowest BCUT2D eigenvalue weighted by atomic mass is 9.96. The van der Waals surface area contributed by atoms with E-state index >= 15 is 0 Å². The van der Waals surface area contributed by atoms with Crippen LogP contribution >= 0.6 is 0 Å². The van der Waals surface area contributed by atoms with Gasteiger partial charge in [-0.3, -0.25) is 14.4 Å². The molecule has 0 unspecified atom stereocenters. The van der Waals surface area contributed by atoms with E-state index in [1.54, 1.807) is 17.2 Å². The van der Waals surface area contributed by atoms with E-state index in [0.29, 0.717) is 18.5 Å². The Hall–Kier alpha value is -1.72. The number of aldehydes is 1. The predicted molar refractivity (Wildman–Crippen MR) is 77.9 cm³/mol. The Kier molecular flexibility index (Phi) is 4.44. The van der Waals surface area contributed by atoms with Crippen LogP contribution in [0.25, 0.3) is 0 Å². The van der Waals surface area contributed by atoms with Gasteiger partial charge in [0.15, 0.2) is 0 Å². The Bertz CT molecular complexity index is 535. The molecular weight excluding hydrogens is 270 g/mol. The second kappa shape index (κ2) is 5.95. The normalized spacial score (nSPS) is 23.2. The van der Waals surface area contributed by atoms with Crippen LogP contribution in [0.2, 0.25) is 0 Å². The summed E-state index contributed by atoms with van der Waals surface area (Å²) in [6.07, 6.45) is 1.25. The highest BCUT2D eigenvalue weighted by Crippen LogP contribution is 2.38. The van der Waals surface area contributed by atoms with Crippen LogP contribution in [0.15, 0.2) is 24.3 Å². The Morgan fingerprint density at radius 3 is 2.62 bits per heavy atom. The van der Waals surface area contributed by atoms with Gasteiger partial charge in [-0.05, 0) is 32.8 Å². The minimum absolute atomic E-state index is 0.216. The molecule has 2 rings (SSSR count). The van der Waals surface area contributed by atoms with Crippen LogP contribution < -0.4 is 0 Å². The molecule has 21 heavy (non-hydrogen) atoms. The average Bonchev–Trinajstić information content (AvgIpc) is 2.80. The number of carboxylic acid groups (broad SMARTS) is 1. The lowest BCUT2D eigenvalue weighted by Crippen LogP contribution is -2.34. The quantitative estimate of drug-likeness (QED) is 0.864. The first-order valence-corrected chi connectivity index (χ1v) is 7.04. The first kappa shape index (κ1) is 15.7. The fraction of sp³-hybridized carbons (Fsp3) is 0.500. The number of hydrogen-bond acceptors (Lipinski definition) is 4. The molecule has 1 aromatic rings. The van der Waals surface area contributed by atoms with Gasteiger partial charge in [0.2, 0.25) is 0 Å². The maximum atomic E-state index is 11.3. The molecular formula is C16H21NO4. The summed E-state index contributed by atoms with van der Waals surface area (Å²) in [6.45, 7) is 6.09. The summed E-state index contributed by atoms with van der Waals surface area (Å²) in [6, 6.07) is 7.03. The molecule has 114 valence electrons. The second-order valence-electron chi connectivity index (χ2n) is 6.34. The molecule has 2 atom stereocenters. The monoisotopic (exact) mass is 291 g/mol. The number of hydroxylamine groups is 2. The van der Waals surface area contributed by atoms with Crippen molar-refractivity contribution >= 4 is 12.3 Å². The number of benzene rings is 1. The van der Waals surface area contributed by atoms with Crippen LogP contribution in [0.3, 0.4) is 0 Å². The third-order valence-corrected chi connectivity index (χ3v) is 3.48. The Morgan fingerprint density at radius 1 is 1.38 bits per heavy atom. The highest BCUT2D eigenvalue weighted by Gasteiger charge is 2.40. The summed E-state index contributed by atoms with van der Waals surface area (Å²) in [5.41, 5.74) is 0.985. The number of carbonyl (C=O) groups excluding carboxylic acids is 1. The third-order valence-electron chi connectivity index (χ3n) is 3.48. The summed E-state index contributed by atoms with van der Waals surface area (Å²) in [4.78, 5) is 28.4. The zero-order valence-corrected chi connectivity index (χ0v) is 12.6. The summed E-state index contributed by atoms with van der Waals surface area (Å²) in [7, 11) is 0. The van der Waals surface area contributed by atoms with Crippen LogP contribution in [0.5, 0.6) is 0 Å². The van der Waals surface area contributed by atoms with Crippen LogP contribution in [-0.4, -0.2) is 34.6 Å². The lowest BCUT2D eigenvalue weighted by Gasteiger charge is -2.31. The van der Waals surface area contributed by atoms with Crippen LogP contribution in [-0.2, 0) is 9.63 Å². The zero-order chi connectivity index (χ0) is 15.6. The molecule has 1 heterocycles. The molecule has 1 fully saturated rings. The molecule has 0 radical (unpaired) electrons. The van der Waals surface area contributed by atoms with Gasteiger partial charge in [-0.2, -0.15) is 5.06 Å². The Morgan fingerprint density at radius 2 is 2.05 bits per heavy atom. The third kappa shape index (κ3) is 3.68.